The van der Waals surface area contributed by atoms with E-state index in [0.717, 1.165) is 29.1 Å². The predicted octanol–water partition coefficient (Wildman–Crippen LogP) is 4.78. The SMILES string of the molecule is Cc1cccc(Cn2cccc2CNC(=O)Nc2cc(C)ccc2C)c1. The number of carbonyl (C=O) groups is 1. The van der Waals surface area contributed by atoms with E-state index in [0.29, 0.717) is 6.54 Å². The summed E-state index contributed by atoms with van der Waals surface area (Å²) in [6, 6.07) is 18.4. The number of benzene rings is 2. The first-order valence-electron chi connectivity index (χ1n) is 8.83. The molecule has 0 aliphatic rings. The van der Waals surface area contributed by atoms with Gasteiger partial charge in [-0.05, 0) is 55.7 Å². The van der Waals surface area contributed by atoms with Crippen molar-refractivity contribution in [3.8, 4) is 0 Å². The van der Waals surface area contributed by atoms with E-state index in [1.54, 1.807) is 0 Å². The molecule has 4 nitrogen and oxygen atoms in total. The van der Waals surface area contributed by atoms with Crippen LogP contribution in [0.25, 0.3) is 0 Å². The predicted molar refractivity (Wildman–Crippen MR) is 106 cm³/mol. The van der Waals surface area contributed by atoms with Crippen LogP contribution in [0, 0.1) is 20.8 Å². The number of aryl methyl sites for hydroxylation is 3. The van der Waals surface area contributed by atoms with Crippen molar-refractivity contribution >= 4 is 11.7 Å². The number of anilines is 1. The fourth-order valence-electron chi connectivity index (χ4n) is 2.98. The maximum absolute atomic E-state index is 12.3. The standard InChI is InChI=1S/C22H25N3O/c1-16-6-4-7-19(12-16)15-25-11-5-8-20(25)14-23-22(26)24-21-13-17(2)9-10-18(21)3/h4-13H,14-15H2,1-3H3,(H2,23,24,26). The van der Waals surface area contributed by atoms with Crippen molar-refractivity contribution in [3.05, 3.63) is 88.7 Å². The minimum Gasteiger partial charge on any atom is -0.345 e. The van der Waals surface area contributed by atoms with Crippen LogP contribution in [0.1, 0.15) is 27.9 Å². The Morgan fingerprint density at radius 1 is 0.962 bits per heavy atom. The van der Waals surface area contributed by atoms with Gasteiger partial charge in [0.15, 0.2) is 0 Å². The van der Waals surface area contributed by atoms with Crippen LogP contribution in [-0.2, 0) is 13.1 Å². The molecule has 0 spiro atoms. The second kappa shape index (κ2) is 7.91. The van der Waals surface area contributed by atoms with E-state index < -0.39 is 0 Å². The fraction of sp³-hybridized carbons (Fsp3) is 0.227. The van der Waals surface area contributed by atoms with Crippen molar-refractivity contribution in [2.24, 2.45) is 0 Å². The van der Waals surface area contributed by atoms with Gasteiger partial charge in [0, 0.05) is 24.1 Å². The monoisotopic (exact) mass is 347 g/mol. The van der Waals surface area contributed by atoms with Crippen molar-refractivity contribution in [1.29, 1.82) is 0 Å². The van der Waals surface area contributed by atoms with Gasteiger partial charge in [-0.15, -0.1) is 0 Å². The first kappa shape index (κ1) is 17.8. The maximum atomic E-state index is 12.3. The van der Waals surface area contributed by atoms with E-state index in [2.05, 4.69) is 46.4 Å². The molecule has 0 saturated carbocycles. The first-order chi connectivity index (χ1) is 12.5. The molecule has 0 radical (unpaired) electrons. The summed E-state index contributed by atoms with van der Waals surface area (Å²) in [5, 5.41) is 5.88. The molecule has 134 valence electrons. The molecule has 0 saturated heterocycles. The third-order valence-corrected chi connectivity index (χ3v) is 4.43. The molecule has 3 aromatic rings. The maximum Gasteiger partial charge on any atom is 0.319 e. The third kappa shape index (κ3) is 4.54. The average Bonchev–Trinajstić information content (AvgIpc) is 3.03. The second-order valence-corrected chi connectivity index (χ2v) is 6.74. The normalized spacial score (nSPS) is 10.6. The molecule has 26 heavy (non-hydrogen) atoms. The number of carbonyl (C=O) groups excluding carboxylic acids is 1. The Bertz CT molecular complexity index is 911. The van der Waals surface area contributed by atoms with E-state index >= 15 is 0 Å². The molecule has 0 atom stereocenters. The molecule has 2 amide bonds. The highest BCUT2D eigenvalue weighted by Crippen LogP contribution is 2.16. The Kier molecular flexibility index (Phi) is 5.42. The molecule has 1 aromatic heterocycles. The highest BCUT2D eigenvalue weighted by molar-refractivity contribution is 5.90. The number of aromatic nitrogens is 1. The highest BCUT2D eigenvalue weighted by Gasteiger charge is 2.07. The average molecular weight is 347 g/mol. The van der Waals surface area contributed by atoms with Crippen molar-refractivity contribution in [2.45, 2.75) is 33.9 Å². The number of hydrogen-bond acceptors (Lipinski definition) is 1. The summed E-state index contributed by atoms with van der Waals surface area (Å²) in [6.45, 7) is 7.38. The molecule has 4 heteroatoms. The summed E-state index contributed by atoms with van der Waals surface area (Å²) in [5.74, 6) is 0. The van der Waals surface area contributed by atoms with E-state index in [9.17, 15) is 4.79 Å². The lowest BCUT2D eigenvalue weighted by Gasteiger charge is -2.13. The molecule has 0 bridgehead atoms. The lowest BCUT2D eigenvalue weighted by atomic mass is 10.1. The number of urea groups is 1. The number of nitrogens with zero attached hydrogens (tertiary/aromatic N) is 1. The van der Waals surface area contributed by atoms with E-state index in [-0.39, 0.29) is 6.03 Å². The van der Waals surface area contributed by atoms with Gasteiger partial charge in [0.05, 0.1) is 6.54 Å². The van der Waals surface area contributed by atoms with E-state index in [1.165, 1.54) is 11.1 Å². The quantitative estimate of drug-likeness (QED) is 0.685. The summed E-state index contributed by atoms with van der Waals surface area (Å²) in [6.07, 6.45) is 2.04. The molecule has 2 N–H and O–H groups in total. The Labute approximate surface area is 154 Å². The highest BCUT2D eigenvalue weighted by atomic mass is 16.2. The largest absolute Gasteiger partial charge is 0.345 e. The van der Waals surface area contributed by atoms with Crippen LogP contribution in [0.15, 0.2) is 60.8 Å². The first-order valence-corrected chi connectivity index (χ1v) is 8.83. The molecule has 1 heterocycles. The van der Waals surface area contributed by atoms with Crippen molar-refractivity contribution in [1.82, 2.24) is 9.88 Å². The molecule has 0 aliphatic heterocycles. The lowest BCUT2D eigenvalue weighted by molar-refractivity contribution is 0.251. The zero-order valence-electron chi connectivity index (χ0n) is 15.5. The minimum absolute atomic E-state index is 0.193. The lowest BCUT2D eigenvalue weighted by Crippen LogP contribution is -2.29. The van der Waals surface area contributed by atoms with E-state index in [4.69, 9.17) is 0 Å². The van der Waals surface area contributed by atoms with Crippen LogP contribution in [-0.4, -0.2) is 10.6 Å². The molecule has 0 fully saturated rings. The Balaban J connectivity index is 1.61. The van der Waals surface area contributed by atoms with Crippen LogP contribution in [0.3, 0.4) is 0 Å². The fourth-order valence-corrected chi connectivity index (χ4v) is 2.98. The zero-order chi connectivity index (χ0) is 18.5. The van der Waals surface area contributed by atoms with Crippen LogP contribution >= 0.6 is 0 Å². The number of nitrogens with one attached hydrogen (secondary N) is 2. The summed E-state index contributed by atoms with van der Waals surface area (Å²) >= 11 is 0. The van der Waals surface area contributed by atoms with Crippen LogP contribution in [0.2, 0.25) is 0 Å². The van der Waals surface area contributed by atoms with Crippen LogP contribution < -0.4 is 10.6 Å². The minimum atomic E-state index is -0.193. The van der Waals surface area contributed by atoms with Gasteiger partial charge < -0.3 is 15.2 Å². The zero-order valence-corrected chi connectivity index (χ0v) is 15.5. The number of hydrogen-bond donors (Lipinski definition) is 2. The van der Waals surface area contributed by atoms with E-state index in [1.807, 2.05) is 50.4 Å². The third-order valence-electron chi connectivity index (χ3n) is 4.43. The smallest absolute Gasteiger partial charge is 0.319 e. The summed E-state index contributed by atoms with van der Waals surface area (Å²) in [7, 11) is 0. The molecular formula is C22H25N3O. The van der Waals surface area contributed by atoms with Gasteiger partial charge in [-0.1, -0.05) is 42.0 Å². The van der Waals surface area contributed by atoms with Gasteiger partial charge in [-0.3, -0.25) is 0 Å². The van der Waals surface area contributed by atoms with Gasteiger partial charge in [0.2, 0.25) is 0 Å². The molecule has 2 aromatic carbocycles. The number of rotatable bonds is 5. The molecular weight excluding hydrogens is 322 g/mol. The second-order valence-electron chi connectivity index (χ2n) is 6.74. The van der Waals surface area contributed by atoms with Gasteiger partial charge in [-0.25, -0.2) is 4.79 Å². The summed E-state index contributed by atoms with van der Waals surface area (Å²) in [4.78, 5) is 12.3. The molecule has 0 aliphatic carbocycles. The van der Waals surface area contributed by atoms with Gasteiger partial charge in [0.1, 0.15) is 0 Å². The van der Waals surface area contributed by atoms with Crippen LogP contribution in [0.5, 0.6) is 0 Å². The topological polar surface area (TPSA) is 46.1 Å². The van der Waals surface area contributed by atoms with Crippen molar-refractivity contribution < 1.29 is 4.79 Å². The van der Waals surface area contributed by atoms with Gasteiger partial charge in [-0.2, -0.15) is 0 Å². The summed E-state index contributed by atoms with van der Waals surface area (Å²) < 4.78 is 2.16. The summed E-state index contributed by atoms with van der Waals surface area (Å²) in [5.41, 5.74) is 6.59. The number of amides is 2. The molecule has 0 unspecified atom stereocenters. The van der Waals surface area contributed by atoms with Crippen molar-refractivity contribution in [2.75, 3.05) is 5.32 Å². The Morgan fingerprint density at radius 3 is 2.58 bits per heavy atom. The Hall–Kier alpha value is -3.01. The van der Waals surface area contributed by atoms with Gasteiger partial charge in [0.25, 0.3) is 0 Å². The Morgan fingerprint density at radius 2 is 1.77 bits per heavy atom. The molecule has 3 rings (SSSR count). The van der Waals surface area contributed by atoms with Crippen molar-refractivity contribution in [3.63, 3.8) is 0 Å². The van der Waals surface area contributed by atoms with Gasteiger partial charge >= 0.3 is 6.03 Å². The van der Waals surface area contributed by atoms with Crippen LogP contribution in [0.4, 0.5) is 10.5 Å².